The second-order valence-electron chi connectivity index (χ2n) is 6.13. The van der Waals surface area contributed by atoms with Crippen molar-refractivity contribution in [2.75, 3.05) is 32.1 Å². The van der Waals surface area contributed by atoms with Gasteiger partial charge in [-0.15, -0.1) is 12.4 Å². The second-order valence-corrected chi connectivity index (χ2v) is 6.13. The molecular formula is C19H23ClN4O4. The summed E-state index contributed by atoms with van der Waals surface area (Å²) in [5.41, 5.74) is 6.20. The van der Waals surface area contributed by atoms with Crippen LogP contribution in [-0.4, -0.2) is 43.8 Å². The summed E-state index contributed by atoms with van der Waals surface area (Å²) in [7, 11) is 3.37. The highest BCUT2D eigenvalue weighted by atomic mass is 35.5. The summed E-state index contributed by atoms with van der Waals surface area (Å²) in [6, 6.07) is 10.7. The first-order valence-corrected chi connectivity index (χ1v) is 8.44. The first-order chi connectivity index (χ1) is 12.9. The summed E-state index contributed by atoms with van der Waals surface area (Å²) in [6.07, 6.45) is 0.625. The molecule has 0 atom stereocenters. The Balaban J connectivity index is 0.00000392. The number of rotatable bonds is 8. The molecule has 9 heteroatoms. The van der Waals surface area contributed by atoms with E-state index in [9.17, 15) is 19.7 Å². The van der Waals surface area contributed by atoms with Crippen molar-refractivity contribution in [1.29, 1.82) is 0 Å². The summed E-state index contributed by atoms with van der Waals surface area (Å²) in [5, 5.41) is 14.1. The fourth-order valence-electron chi connectivity index (χ4n) is 2.62. The van der Waals surface area contributed by atoms with Crippen molar-refractivity contribution in [3.8, 4) is 0 Å². The summed E-state index contributed by atoms with van der Waals surface area (Å²) in [4.78, 5) is 37.7. The molecule has 0 radical (unpaired) electrons. The third-order valence-corrected chi connectivity index (χ3v) is 4.00. The Morgan fingerprint density at radius 2 is 1.79 bits per heavy atom. The molecule has 0 spiro atoms. The molecule has 2 aromatic carbocycles. The van der Waals surface area contributed by atoms with Crippen LogP contribution in [0.5, 0.6) is 0 Å². The largest absolute Gasteiger partial charge is 0.372 e. The van der Waals surface area contributed by atoms with Crippen LogP contribution < -0.4 is 16.0 Å². The lowest BCUT2D eigenvalue weighted by Crippen LogP contribution is -2.27. The number of halogens is 1. The number of nitro benzene ring substituents is 1. The minimum Gasteiger partial charge on any atom is -0.372 e. The standard InChI is InChI=1S/C19H22N4O4.ClH/c1-22(2)16-9-8-13(12-17(16)23(26)27)18(24)14-6-3-4-7-15(14)19(25)21-11-5-10-20;/h3-4,6-9,12H,5,10-11,20H2,1-2H3,(H,21,25);1H. The minimum atomic E-state index is -0.530. The van der Waals surface area contributed by atoms with Gasteiger partial charge in [-0.3, -0.25) is 19.7 Å². The normalized spacial score (nSPS) is 9.96. The average molecular weight is 407 g/mol. The van der Waals surface area contributed by atoms with Crippen LogP contribution in [0.1, 0.15) is 32.7 Å². The van der Waals surface area contributed by atoms with Crippen LogP contribution in [-0.2, 0) is 0 Å². The van der Waals surface area contributed by atoms with Gasteiger partial charge in [-0.1, -0.05) is 18.2 Å². The molecule has 2 aromatic rings. The number of hydrogen-bond acceptors (Lipinski definition) is 6. The van der Waals surface area contributed by atoms with E-state index in [0.29, 0.717) is 25.2 Å². The molecule has 0 fully saturated rings. The number of carbonyl (C=O) groups is 2. The zero-order valence-corrected chi connectivity index (χ0v) is 16.5. The van der Waals surface area contributed by atoms with Gasteiger partial charge in [0.2, 0.25) is 0 Å². The molecular weight excluding hydrogens is 384 g/mol. The highest BCUT2D eigenvalue weighted by Gasteiger charge is 2.22. The molecule has 150 valence electrons. The Labute approximate surface area is 169 Å². The SMILES string of the molecule is CN(C)c1ccc(C(=O)c2ccccc2C(=O)NCCCN)cc1[N+](=O)[O-].Cl. The zero-order valence-electron chi connectivity index (χ0n) is 15.7. The zero-order chi connectivity index (χ0) is 20.0. The Hall–Kier alpha value is -2.97. The highest BCUT2D eigenvalue weighted by molar-refractivity contribution is 6.15. The summed E-state index contributed by atoms with van der Waals surface area (Å²) < 4.78 is 0. The minimum absolute atomic E-state index is 0. The van der Waals surface area contributed by atoms with Gasteiger partial charge in [0, 0.05) is 37.8 Å². The van der Waals surface area contributed by atoms with E-state index >= 15 is 0 Å². The maximum absolute atomic E-state index is 12.9. The number of nitrogens with two attached hydrogens (primary N) is 1. The number of nitrogens with one attached hydrogen (secondary N) is 1. The number of carbonyl (C=O) groups excluding carboxylic acids is 2. The first kappa shape index (κ1) is 23.1. The second kappa shape index (κ2) is 10.4. The lowest BCUT2D eigenvalue weighted by molar-refractivity contribution is -0.384. The molecule has 3 N–H and O–H groups in total. The van der Waals surface area contributed by atoms with Gasteiger partial charge < -0.3 is 16.0 Å². The van der Waals surface area contributed by atoms with Gasteiger partial charge in [-0.05, 0) is 31.2 Å². The fourth-order valence-corrected chi connectivity index (χ4v) is 2.62. The molecule has 0 bridgehead atoms. The Morgan fingerprint density at radius 1 is 1.14 bits per heavy atom. The molecule has 0 aliphatic carbocycles. The number of amides is 1. The molecule has 0 heterocycles. The Morgan fingerprint density at radius 3 is 2.36 bits per heavy atom. The van der Waals surface area contributed by atoms with E-state index in [0.717, 1.165) is 0 Å². The van der Waals surface area contributed by atoms with Crippen molar-refractivity contribution >= 4 is 35.5 Å². The smallest absolute Gasteiger partial charge is 0.293 e. The molecule has 0 saturated heterocycles. The van der Waals surface area contributed by atoms with E-state index in [1.54, 1.807) is 37.2 Å². The molecule has 0 unspecified atom stereocenters. The Kier molecular flexibility index (Phi) is 8.56. The van der Waals surface area contributed by atoms with Crippen LogP contribution in [0.25, 0.3) is 0 Å². The molecule has 0 aromatic heterocycles. The maximum atomic E-state index is 12.9. The number of hydrogen-bond donors (Lipinski definition) is 2. The molecule has 8 nitrogen and oxygen atoms in total. The van der Waals surface area contributed by atoms with Crippen molar-refractivity contribution in [2.24, 2.45) is 5.73 Å². The molecule has 0 saturated carbocycles. The predicted octanol–water partition coefficient (Wildman–Crippen LogP) is 2.39. The molecule has 1 amide bonds. The summed E-state index contributed by atoms with van der Waals surface area (Å²) in [6.45, 7) is 0.851. The Bertz CT molecular complexity index is 871. The summed E-state index contributed by atoms with van der Waals surface area (Å²) >= 11 is 0. The number of nitro groups is 1. The third kappa shape index (κ3) is 5.28. The van der Waals surface area contributed by atoms with Gasteiger partial charge in [-0.25, -0.2) is 0 Å². The van der Waals surface area contributed by atoms with E-state index in [2.05, 4.69) is 5.32 Å². The van der Waals surface area contributed by atoms with E-state index in [1.807, 2.05) is 0 Å². The van der Waals surface area contributed by atoms with Crippen LogP contribution >= 0.6 is 12.4 Å². The van der Waals surface area contributed by atoms with Crippen LogP contribution in [0.4, 0.5) is 11.4 Å². The molecule has 2 rings (SSSR count). The van der Waals surface area contributed by atoms with Crippen LogP contribution in [0.3, 0.4) is 0 Å². The first-order valence-electron chi connectivity index (χ1n) is 8.44. The molecule has 0 aliphatic rings. The van der Waals surface area contributed by atoms with Crippen molar-refractivity contribution in [3.63, 3.8) is 0 Å². The quantitative estimate of drug-likeness (QED) is 0.300. The fraction of sp³-hybridized carbons (Fsp3) is 0.263. The van der Waals surface area contributed by atoms with Crippen molar-refractivity contribution in [3.05, 3.63) is 69.3 Å². The monoisotopic (exact) mass is 406 g/mol. The number of nitrogens with zero attached hydrogens (tertiary/aromatic N) is 2. The van der Waals surface area contributed by atoms with E-state index in [1.165, 1.54) is 24.3 Å². The van der Waals surface area contributed by atoms with Gasteiger partial charge in [0.25, 0.3) is 11.6 Å². The topological polar surface area (TPSA) is 119 Å². The van der Waals surface area contributed by atoms with Gasteiger partial charge in [0.1, 0.15) is 5.69 Å². The van der Waals surface area contributed by atoms with E-state index in [-0.39, 0.29) is 40.7 Å². The van der Waals surface area contributed by atoms with Gasteiger partial charge in [0.05, 0.1) is 10.5 Å². The van der Waals surface area contributed by atoms with Crippen LogP contribution in [0.2, 0.25) is 0 Å². The average Bonchev–Trinajstić information content (AvgIpc) is 2.66. The van der Waals surface area contributed by atoms with Crippen LogP contribution in [0, 0.1) is 10.1 Å². The van der Waals surface area contributed by atoms with E-state index < -0.39 is 10.7 Å². The predicted molar refractivity (Wildman–Crippen MR) is 111 cm³/mol. The van der Waals surface area contributed by atoms with Crippen molar-refractivity contribution in [1.82, 2.24) is 5.32 Å². The van der Waals surface area contributed by atoms with Crippen molar-refractivity contribution in [2.45, 2.75) is 6.42 Å². The third-order valence-electron chi connectivity index (χ3n) is 4.00. The van der Waals surface area contributed by atoms with Gasteiger partial charge >= 0.3 is 0 Å². The lowest BCUT2D eigenvalue weighted by Gasteiger charge is -2.14. The van der Waals surface area contributed by atoms with Crippen LogP contribution in [0.15, 0.2) is 42.5 Å². The van der Waals surface area contributed by atoms with Crippen molar-refractivity contribution < 1.29 is 14.5 Å². The van der Waals surface area contributed by atoms with Gasteiger partial charge in [0.15, 0.2) is 5.78 Å². The highest BCUT2D eigenvalue weighted by Crippen LogP contribution is 2.29. The molecule has 0 aliphatic heterocycles. The maximum Gasteiger partial charge on any atom is 0.293 e. The summed E-state index contributed by atoms with van der Waals surface area (Å²) in [5.74, 6) is -0.834. The number of benzene rings is 2. The van der Waals surface area contributed by atoms with E-state index in [4.69, 9.17) is 5.73 Å². The number of anilines is 1. The van der Waals surface area contributed by atoms with Gasteiger partial charge in [-0.2, -0.15) is 0 Å². The number of ketones is 1. The lowest BCUT2D eigenvalue weighted by atomic mass is 9.97. The molecule has 28 heavy (non-hydrogen) atoms.